The normalized spacial score (nSPS) is 15.1. The van der Waals surface area contributed by atoms with Crippen molar-refractivity contribution in [2.75, 3.05) is 18.4 Å². The summed E-state index contributed by atoms with van der Waals surface area (Å²) in [6, 6.07) is 9.52. The van der Waals surface area contributed by atoms with Crippen LogP contribution in [0.25, 0.3) is 0 Å². The van der Waals surface area contributed by atoms with Gasteiger partial charge in [0.05, 0.1) is 5.69 Å². The third-order valence-electron chi connectivity index (χ3n) is 4.51. The first-order chi connectivity index (χ1) is 13.8. The molecule has 29 heavy (non-hydrogen) atoms. The minimum atomic E-state index is -0.519. The largest absolute Gasteiger partial charge is 0.444 e. The smallest absolute Gasteiger partial charge is 0.413 e. The summed E-state index contributed by atoms with van der Waals surface area (Å²) in [6.07, 6.45) is 0.856. The number of rotatable bonds is 4. The van der Waals surface area contributed by atoms with Crippen LogP contribution in [0.1, 0.15) is 50.8 Å². The molecule has 0 bridgehead atoms. The maximum Gasteiger partial charge on any atom is 0.413 e. The van der Waals surface area contributed by atoms with Crippen molar-refractivity contribution in [1.29, 1.82) is 0 Å². The number of amides is 2. The minimum absolute atomic E-state index is 0.216. The number of benzene rings is 1. The minimum Gasteiger partial charge on any atom is -0.444 e. The lowest BCUT2D eigenvalue weighted by atomic mass is 9.94. The van der Waals surface area contributed by atoms with E-state index in [-0.39, 0.29) is 18.6 Å². The van der Waals surface area contributed by atoms with Crippen LogP contribution in [-0.2, 0) is 16.1 Å². The summed E-state index contributed by atoms with van der Waals surface area (Å²) in [5, 5.41) is 5.17. The van der Waals surface area contributed by atoms with Gasteiger partial charge < -0.3 is 14.4 Å². The number of piperidine rings is 1. The highest BCUT2D eigenvalue weighted by Gasteiger charge is 2.28. The summed E-state index contributed by atoms with van der Waals surface area (Å²) in [4.78, 5) is 30.4. The fourth-order valence-electron chi connectivity index (χ4n) is 3.06. The zero-order chi connectivity index (χ0) is 20.9. The Labute approximate surface area is 175 Å². The average Bonchev–Trinajstić information content (AvgIpc) is 3.14. The Hall–Kier alpha value is -2.61. The number of nitrogens with zero attached hydrogens (tertiary/aromatic N) is 2. The van der Waals surface area contributed by atoms with Crippen LogP contribution in [0.3, 0.4) is 0 Å². The van der Waals surface area contributed by atoms with E-state index in [0.717, 1.165) is 24.1 Å². The van der Waals surface area contributed by atoms with E-state index in [2.05, 4.69) is 10.3 Å². The summed E-state index contributed by atoms with van der Waals surface area (Å²) >= 11 is 1.38. The lowest BCUT2D eigenvalue weighted by Gasteiger charge is -2.32. The second kappa shape index (κ2) is 9.26. The molecule has 0 radical (unpaired) electrons. The summed E-state index contributed by atoms with van der Waals surface area (Å²) in [5.41, 5.74) is 1.38. The van der Waals surface area contributed by atoms with Gasteiger partial charge in [-0.3, -0.25) is 5.32 Å². The lowest BCUT2D eigenvalue weighted by Crippen LogP contribution is -2.41. The molecule has 1 aromatic heterocycles. The molecule has 8 heteroatoms. The number of hydrogen-bond acceptors (Lipinski definition) is 6. The molecule has 0 aliphatic carbocycles. The second-order valence-corrected chi connectivity index (χ2v) is 8.86. The predicted molar refractivity (Wildman–Crippen MR) is 112 cm³/mol. The lowest BCUT2D eigenvalue weighted by molar-refractivity contribution is 0.0204. The third-order valence-corrected chi connectivity index (χ3v) is 5.28. The quantitative estimate of drug-likeness (QED) is 0.757. The van der Waals surface area contributed by atoms with Crippen LogP contribution in [0.15, 0.2) is 35.7 Å². The molecular weight excluding hydrogens is 390 g/mol. The Balaban J connectivity index is 1.45. The number of aromatic nitrogens is 1. The number of nitrogens with one attached hydrogen (secondary N) is 1. The summed E-state index contributed by atoms with van der Waals surface area (Å²) in [5.74, 6) is 0.265. The number of hydrogen-bond donors (Lipinski definition) is 1. The highest BCUT2D eigenvalue weighted by Crippen LogP contribution is 2.31. The van der Waals surface area contributed by atoms with Crippen molar-refractivity contribution in [1.82, 2.24) is 9.88 Å². The van der Waals surface area contributed by atoms with Gasteiger partial charge in [0.25, 0.3) is 0 Å². The predicted octanol–water partition coefficient (Wildman–Crippen LogP) is 5.01. The molecule has 1 saturated heterocycles. The molecule has 0 unspecified atom stereocenters. The van der Waals surface area contributed by atoms with Gasteiger partial charge >= 0.3 is 12.2 Å². The molecule has 3 rings (SSSR count). The first-order valence-electron chi connectivity index (χ1n) is 9.71. The second-order valence-electron chi connectivity index (χ2n) is 8.01. The topological polar surface area (TPSA) is 80.8 Å². The van der Waals surface area contributed by atoms with Crippen LogP contribution in [-0.4, -0.2) is 40.8 Å². The number of likely N-dealkylation sites (tertiary alicyclic amines) is 1. The van der Waals surface area contributed by atoms with Gasteiger partial charge in [-0.1, -0.05) is 30.3 Å². The van der Waals surface area contributed by atoms with Crippen LogP contribution in [0.4, 0.5) is 14.7 Å². The maximum absolute atomic E-state index is 12.2. The van der Waals surface area contributed by atoms with Crippen molar-refractivity contribution in [3.05, 3.63) is 47.0 Å². The molecule has 0 atom stereocenters. The molecule has 1 fully saturated rings. The standard InChI is InChI=1S/C21H27N3O4S/c1-21(2,3)28-20(26)24-11-9-16(10-12-24)17-14-29-18(22-17)23-19(25)27-13-15-7-5-4-6-8-15/h4-8,14,16H,9-13H2,1-3H3,(H,22,23,25). The van der Waals surface area contributed by atoms with Crippen LogP contribution in [0.5, 0.6) is 0 Å². The van der Waals surface area contributed by atoms with Gasteiger partial charge in [0.2, 0.25) is 0 Å². The van der Waals surface area contributed by atoms with Crippen molar-refractivity contribution in [2.45, 2.75) is 51.7 Å². The van der Waals surface area contributed by atoms with Crippen LogP contribution >= 0.6 is 11.3 Å². The maximum atomic E-state index is 12.2. The van der Waals surface area contributed by atoms with E-state index in [1.54, 1.807) is 4.90 Å². The van der Waals surface area contributed by atoms with Gasteiger partial charge in [-0.25, -0.2) is 14.6 Å². The van der Waals surface area contributed by atoms with Crippen LogP contribution in [0.2, 0.25) is 0 Å². The molecule has 1 N–H and O–H groups in total. The molecule has 156 valence electrons. The van der Waals surface area contributed by atoms with E-state index in [1.165, 1.54) is 11.3 Å². The van der Waals surface area contributed by atoms with Crippen molar-refractivity contribution >= 4 is 28.7 Å². The average molecular weight is 418 g/mol. The van der Waals surface area contributed by atoms with Gasteiger partial charge in [-0.05, 0) is 39.2 Å². The molecule has 2 amide bonds. The van der Waals surface area contributed by atoms with Crippen LogP contribution < -0.4 is 5.32 Å². The van der Waals surface area contributed by atoms with Crippen molar-refractivity contribution < 1.29 is 19.1 Å². The number of anilines is 1. The number of thiazole rings is 1. The number of carbonyl (C=O) groups excluding carboxylic acids is 2. The van der Waals surface area contributed by atoms with Gasteiger partial charge in [-0.2, -0.15) is 0 Å². The Morgan fingerprint density at radius 3 is 2.55 bits per heavy atom. The molecule has 2 heterocycles. The van der Waals surface area contributed by atoms with Crippen molar-refractivity contribution in [2.24, 2.45) is 0 Å². The van der Waals surface area contributed by atoms with E-state index in [1.807, 2.05) is 56.5 Å². The SMILES string of the molecule is CC(C)(C)OC(=O)N1CCC(c2csc(NC(=O)OCc3ccccc3)n2)CC1. The van der Waals surface area contributed by atoms with Crippen molar-refractivity contribution in [3.8, 4) is 0 Å². The molecule has 2 aromatic rings. The summed E-state index contributed by atoms with van der Waals surface area (Å²) in [6.45, 7) is 7.09. The highest BCUT2D eigenvalue weighted by atomic mass is 32.1. The van der Waals surface area contributed by atoms with E-state index in [9.17, 15) is 9.59 Å². The summed E-state index contributed by atoms with van der Waals surface area (Å²) in [7, 11) is 0. The molecule has 1 aliphatic heterocycles. The molecule has 7 nitrogen and oxygen atoms in total. The van der Waals surface area contributed by atoms with Gasteiger partial charge in [0, 0.05) is 24.4 Å². The fraction of sp³-hybridized carbons (Fsp3) is 0.476. The zero-order valence-electron chi connectivity index (χ0n) is 17.0. The zero-order valence-corrected chi connectivity index (χ0v) is 17.8. The Morgan fingerprint density at radius 2 is 1.90 bits per heavy atom. The van der Waals surface area contributed by atoms with Crippen LogP contribution in [0, 0.1) is 0 Å². The van der Waals surface area contributed by atoms with Crippen molar-refractivity contribution in [3.63, 3.8) is 0 Å². The molecular formula is C21H27N3O4S. The monoisotopic (exact) mass is 417 g/mol. The molecule has 1 aliphatic rings. The third kappa shape index (κ3) is 6.45. The Kier molecular flexibility index (Phi) is 6.74. The fourth-order valence-corrected chi connectivity index (χ4v) is 3.84. The van der Waals surface area contributed by atoms with E-state index >= 15 is 0 Å². The van der Waals surface area contributed by atoms with E-state index in [0.29, 0.717) is 18.2 Å². The van der Waals surface area contributed by atoms with Gasteiger partial charge in [-0.15, -0.1) is 11.3 Å². The summed E-state index contributed by atoms with van der Waals surface area (Å²) < 4.78 is 10.7. The van der Waals surface area contributed by atoms with E-state index < -0.39 is 11.7 Å². The van der Waals surface area contributed by atoms with E-state index in [4.69, 9.17) is 9.47 Å². The molecule has 0 spiro atoms. The van der Waals surface area contributed by atoms with Gasteiger partial charge in [0.15, 0.2) is 5.13 Å². The van der Waals surface area contributed by atoms with Gasteiger partial charge in [0.1, 0.15) is 12.2 Å². The first-order valence-corrected chi connectivity index (χ1v) is 10.6. The Morgan fingerprint density at radius 1 is 1.21 bits per heavy atom. The highest BCUT2D eigenvalue weighted by molar-refractivity contribution is 7.13. The number of ether oxygens (including phenoxy) is 2. The molecule has 1 aromatic carbocycles. The molecule has 0 saturated carbocycles. The first kappa shape index (κ1) is 21.1. The number of carbonyl (C=O) groups is 2. The Bertz CT molecular complexity index is 824.